The van der Waals surface area contributed by atoms with Crippen LogP contribution in [0.15, 0.2) is 24.3 Å². The molecule has 1 saturated heterocycles. The fourth-order valence-corrected chi connectivity index (χ4v) is 2.42. The SMILES string of the molecule is O=C1N2C=CNC2=CCN1[C@@H]1O[C@H](CO)[C@@H](O)[C@H]1O. The van der Waals surface area contributed by atoms with E-state index in [1.54, 1.807) is 18.5 Å². The zero-order valence-corrected chi connectivity index (χ0v) is 10.0. The van der Waals surface area contributed by atoms with Crippen LogP contribution in [-0.2, 0) is 4.74 Å². The van der Waals surface area contributed by atoms with Crippen LogP contribution in [0.1, 0.15) is 0 Å². The van der Waals surface area contributed by atoms with Crippen LogP contribution in [0, 0.1) is 0 Å². The van der Waals surface area contributed by atoms with E-state index in [1.807, 2.05) is 0 Å². The molecule has 0 saturated carbocycles. The molecule has 0 spiro atoms. The standard InChI is InChI=1S/C11H15N3O5/c15-5-6-8(16)9(17)10(19-6)14-3-1-7-12-2-4-13(7)11(14)18/h1-2,4,6,8-10,12,15-17H,3,5H2/t6-,8-,9-,10-/m1/s1. The Morgan fingerprint density at radius 2 is 2.21 bits per heavy atom. The van der Waals surface area contributed by atoms with Crippen molar-refractivity contribution in [2.24, 2.45) is 0 Å². The van der Waals surface area contributed by atoms with Crippen molar-refractivity contribution < 1.29 is 24.9 Å². The van der Waals surface area contributed by atoms with Gasteiger partial charge in [-0.15, -0.1) is 0 Å². The second-order valence-corrected chi connectivity index (χ2v) is 4.58. The number of urea groups is 1. The second-order valence-electron chi connectivity index (χ2n) is 4.58. The predicted molar refractivity (Wildman–Crippen MR) is 62.1 cm³/mol. The van der Waals surface area contributed by atoms with E-state index in [-0.39, 0.29) is 12.6 Å². The van der Waals surface area contributed by atoms with Crippen LogP contribution >= 0.6 is 0 Å². The third-order valence-corrected chi connectivity index (χ3v) is 3.47. The van der Waals surface area contributed by atoms with Crippen LogP contribution < -0.4 is 5.32 Å². The summed E-state index contributed by atoms with van der Waals surface area (Å²) in [6.07, 6.45) is 0.676. The third-order valence-electron chi connectivity index (χ3n) is 3.47. The number of nitrogens with one attached hydrogen (secondary N) is 1. The van der Waals surface area contributed by atoms with Crippen molar-refractivity contribution in [3.63, 3.8) is 0 Å². The molecule has 3 heterocycles. The highest BCUT2D eigenvalue weighted by molar-refractivity contribution is 5.79. The van der Waals surface area contributed by atoms with E-state index in [2.05, 4.69) is 5.32 Å². The molecule has 0 aliphatic carbocycles. The molecular weight excluding hydrogens is 254 g/mol. The maximum Gasteiger partial charge on any atom is 0.332 e. The quantitative estimate of drug-likeness (QED) is 0.466. The number of hydrogen-bond donors (Lipinski definition) is 4. The largest absolute Gasteiger partial charge is 0.394 e. The number of ether oxygens (including phenoxy) is 1. The minimum absolute atomic E-state index is 0.256. The van der Waals surface area contributed by atoms with Crippen LogP contribution in [0.25, 0.3) is 0 Å². The summed E-state index contributed by atoms with van der Waals surface area (Å²) in [6.45, 7) is -0.158. The maximum atomic E-state index is 12.2. The molecule has 0 aromatic carbocycles. The molecule has 0 aromatic heterocycles. The number of carbonyl (C=O) groups excluding carboxylic acids is 1. The molecule has 2 amide bonds. The van der Waals surface area contributed by atoms with Gasteiger partial charge in [0.2, 0.25) is 0 Å². The first-order chi connectivity index (χ1) is 9.13. The summed E-state index contributed by atoms with van der Waals surface area (Å²) < 4.78 is 5.35. The van der Waals surface area contributed by atoms with Gasteiger partial charge in [-0.2, -0.15) is 0 Å². The molecule has 3 aliphatic rings. The topological polar surface area (TPSA) is 106 Å². The predicted octanol–water partition coefficient (Wildman–Crippen LogP) is -1.92. The van der Waals surface area contributed by atoms with Gasteiger partial charge in [-0.05, 0) is 6.08 Å². The summed E-state index contributed by atoms with van der Waals surface area (Å²) >= 11 is 0. The Labute approximate surface area is 109 Å². The van der Waals surface area contributed by atoms with Gasteiger partial charge in [0.25, 0.3) is 0 Å². The van der Waals surface area contributed by atoms with Gasteiger partial charge in [-0.25, -0.2) is 4.79 Å². The summed E-state index contributed by atoms with van der Waals surface area (Å²) in [5.41, 5.74) is 0. The first-order valence-corrected chi connectivity index (χ1v) is 5.99. The molecular formula is C11H15N3O5. The third kappa shape index (κ3) is 1.80. The Hall–Kier alpha value is -1.61. The van der Waals surface area contributed by atoms with Crippen LogP contribution in [-0.4, -0.2) is 68.8 Å². The lowest BCUT2D eigenvalue weighted by Gasteiger charge is -2.35. The van der Waals surface area contributed by atoms with Crippen molar-refractivity contribution in [2.75, 3.05) is 13.2 Å². The first kappa shape index (κ1) is 12.4. The van der Waals surface area contributed by atoms with Crippen LogP contribution in [0.2, 0.25) is 0 Å². The lowest BCUT2D eigenvalue weighted by atomic mass is 10.1. The molecule has 19 heavy (non-hydrogen) atoms. The van der Waals surface area contributed by atoms with E-state index < -0.39 is 31.1 Å². The van der Waals surface area contributed by atoms with Crippen molar-refractivity contribution in [3.8, 4) is 0 Å². The summed E-state index contributed by atoms with van der Waals surface area (Å²) in [7, 11) is 0. The number of carbonyl (C=O) groups is 1. The molecule has 104 valence electrons. The van der Waals surface area contributed by atoms with Crippen molar-refractivity contribution in [2.45, 2.75) is 24.5 Å². The Morgan fingerprint density at radius 3 is 2.89 bits per heavy atom. The van der Waals surface area contributed by atoms with Gasteiger partial charge in [0, 0.05) is 18.9 Å². The minimum Gasteiger partial charge on any atom is -0.394 e. The fraction of sp³-hybridized carbons (Fsp3) is 0.545. The molecule has 0 aromatic rings. The molecule has 0 unspecified atom stereocenters. The van der Waals surface area contributed by atoms with E-state index >= 15 is 0 Å². The smallest absolute Gasteiger partial charge is 0.332 e. The molecule has 0 bridgehead atoms. The zero-order valence-electron chi connectivity index (χ0n) is 10.0. The number of fused-ring (bicyclic) bond motifs is 1. The Balaban J connectivity index is 1.80. The highest BCUT2D eigenvalue weighted by atomic mass is 16.6. The van der Waals surface area contributed by atoms with E-state index in [4.69, 9.17) is 9.84 Å². The Kier molecular flexibility index (Phi) is 2.94. The lowest BCUT2D eigenvalue weighted by molar-refractivity contribution is -0.0797. The van der Waals surface area contributed by atoms with Gasteiger partial charge >= 0.3 is 6.03 Å². The number of aliphatic hydroxyl groups excluding tert-OH is 3. The van der Waals surface area contributed by atoms with Crippen LogP contribution in [0.3, 0.4) is 0 Å². The monoisotopic (exact) mass is 269 g/mol. The van der Waals surface area contributed by atoms with Gasteiger partial charge < -0.3 is 25.4 Å². The Morgan fingerprint density at radius 1 is 1.42 bits per heavy atom. The fourth-order valence-electron chi connectivity index (χ4n) is 2.42. The molecule has 1 fully saturated rings. The average molecular weight is 269 g/mol. The number of amides is 2. The van der Waals surface area contributed by atoms with Crippen LogP contribution in [0.4, 0.5) is 4.79 Å². The number of nitrogens with zero attached hydrogens (tertiary/aromatic N) is 2. The van der Waals surface area contributed by atoms with Crippen molar-refractivity contribution in [1.29, 1.82) is 0 Å². The van der Waals surface area contributed by atoms with Crippen molar-refractivity contribution in [3.05, 3.63) is 24.3 Å². The Bertz CT molecular complexity index is 452. The number of hydrogen-bond acceptors (Lipinski definition) is 6. The van der Waals surface area contributed by atoms with E-state index in [0.717, 1.165) is 0 Å². The zero-order chi connectivity index (χ0) is 13.6. The number of rotatable bonds is 2. The first-order valence-electron chi connectivity index (χ1n) is 5.99. The van der Waals surface area contributed by atoms with E-state index in [1.165, 1.54) is 9.80 Å². The van der Waals surface area contributed by atoms with Crippen molar-refractivity contribution in [1.82, 2.24) is 15.1 Å². The normalized spacial score (nSPS) is 37.4. The highest BCUT2D eigenvalue weighted by Gasteiger charge is 2.48. The van der Waals surface area contributed by atoms with Gasteiger partial charge in [0.15, 0.2) is 6.23 Å². The number of aliphatic hydroxyl groups is 3. The molecule has 3 aliphatic heterocycles. The molecule has 8 nitrogen and oxygen atoms in total. The van der Waals surface area contributed by atoms with Gasteiger partial charge in [0.1, 0.15) is 24.1 Å². The van der Waals surface area contributed by atoms with Gasteiger partial charge in [0.05, 0.1) is 6.61 Å². The maximum absolute atomic E-state index is 12.2. The molecule has 3 rings (SSSR count). The second kappa shape index (κ2) is 4.49. The molecule has 0 radical (unpaired) electrons. The summed E-state index contributed by atoms with van der Waals surface area (Å²) in [5.74, 6) is 0.660. The molecule has 4 atom stereocenters. The van der Waals surface area contributed by atoms with Gasteiger partial charge in [-0.3, -0.25) is 9.80 Å². The van der Waals surface area contributed by atoms with Crippen LogP contribution in [0.5, 0.6) is 0 Å². The van der Waals surface area contributed by atoms with E-state index in [0.29, 0.717) is 5.82 Å². The summed E-state index contributed by atoms with van der Waals surface area (Å²) in [4.78, 5) is 14.9. The van der Waals surface area contributed by atoms with Gasteiger partial charge in [-0.1, -0.05) is 0 Å². The molecule has 4 N–H and O–H groups in total. The van der Waals surface area contributed by atoms with E-state index in [9.17, 15) is 15.0 Å². The van der Waals surface area contributed by atoms with Crippen molar-refractivity contribution >= 4 is 6.03 Å². The lowest BCUT2D eigenvalue weighted by Crippen LogP contribution is -2.53. The average Bonchev–Trinajstić information content (AvgIpc) is 2.98. The highest BCUT2D eigenvalue weighted by Crippen LogP contribution is 2.28. The minimum atomic E-state index is -1.24. The molecule has 8 heteroatoms. The summed E-state index contributed by atoms with van der Waals surface area (Å²) in [5, 5.41) is 31.6. The summed E-state index contributed by atoms with van der Waals surface area (Å²) in [6, 6.07) is -0.353.